The van der Waals surface area contributed by atoms with Crippen LogP contribution >= 0.6 is 0 Å². The van der Waals surface area contributed by atoms with Gasteiger partial charge in [-0.3, -0.25) is 14.8 Å². The summed E-state index contributed by atoms with van der Waals surface area (Å²) in [4.78, 5) is 11.9. The maximum absolute atomic E-state index is 11.9. The van der Waals surface area contributed by atoms with Crippen LogP contribution in [0.5, 0.6) is 11.5 Å². The van der Waals surface area contributed by atoms with Gasteiger partial charge in [-0.2, -0.15) is 5.10 Å². The second-order valence-electron chi connectivity index (χ2n) is 5.70. The van der Waals surface area contributed by atoms with Crippen molar-refractivity contribution in [2.24, 2.45) is 0 Å². The average Bonchev–Trinajstić information content (AvgIpc) is 3.29. The van der Waals surface area contributed by atoms with Gasteiger partial charge in [0, 0.05) is 12.2 Å². The van der Waals surface area contributed by atoms with Gasteiger partial charge in [0.05, 0.1) is 7.11 Å². The summed E-state index contributed by atoms with van der Waals surface area (Å²) in [6.07, 6.45) is 1.82. The molecule has 0 radical (unpaired) electrons. The fraction of sp³-hybridized carbons (Fsp3) is 0.294. The highest BCUT2D eigenvalue weighted by Crippen LogP contribution is 2.19. The number of nitrogens with zero attached hydrogens (tertiary/aromatic N) is 4. The number of carbonyl (C=O) groups is 1. The Bertz CT molecular complexity index is 869. The van der Waals surface area contributed by atoms with E-state index >= 15 is 0 Å². The standard InChI is InChI=1S/C17H19N5O4/c1-11(2)22-9-8-14(21-22)16-19-20-17(26-16)18-15(23)10-25-13-6-4-12(24-3)5-7-13/h4-9,11H,10H2,1-3H3,(H,18,20,23). The molecule has 1 aromatic carbocycles. The molecule has 0 spiro atoms. The Labute approximate surface area is 149 Å². The van der Waals surface area contributed by atoms with Crippen LogP contribution in [0.25, 0.3) is 11.6 Å². The summed E-state index contributed by atoms with van der Waals surface area (Å²) in [5.41, 5.74) is 0.543. The monoisotopic (exact) mass is 357 g/mol. The Balaban J connectivity index is 1.55. The second-order valence-corrected chi connectivity index (χ2v) is 5.70. The lowest BCUT2D eigenvalue weighted by Gasteiger charge is -2.06. The number of carbonyl (C=O) groups excluding carboxylic acids is 1. The minimum absolute atomic E-state index is 0.0116. The van der Waals surface area contributed by atoms with Crippen molar-refractivity contribution in [2.45, 2.75) is 19.9 Å². The number of hydrogen-bond acceptors (Lipinski definition) is 7. The SMILES string of the molecule is COc1ccc(OCC(=O)Nc2nnc(-c3ccn(C(C)C)n3)o2)cc1. The molecule has 2 aromatic heterocycles. The van der Waals surface area contributed by atoms with Crippen LogP contribution in [0.4, 0.5) is 6.01 Å². The van der Waals surface area contributed by atoms with E-state index in [2.05, 4.69) is 20.6 Å². The molecular formula is C17H19N5O4. The first-order chi connectivity index (χ1) is 12.5. The van der Waals surface area contributed by atoms with Crippen molar-refractivity contribution in [2.75, 3.05) is 19.0 Å². The highest BCUT2D eigenvalue weighted by atomic mass is 16.5. The number of ether oxygens (including phenoxy) is 2. The molecule has 0 aliphatic heterocycles. The number of rotatable bonds is 7. The van der Waals surface area contributed by atoms with Gasteiger partial charge in [0.15, 0.2) is 6.61 Å². The Kier molecular flexibility index (Phi) is 5.16. The van der Waals surface area contributed by atoms with Crippen molar-refractivity contribution in [3.05, 3.63) is 36.5 Å². The van der Waals surface area contributed by atoms with Crippen molar-refractivity contribution >= 4 is 11.9 Å². The molecule has 1 N–H and O–H groups in total. The topological polar surface area (TPSA) is 104 Å². The van der Waals surface area contributed by atoms with Crippen LogP contribution in [-0.4, -0.2) is 39.6 Å². The summed E-state index contributed by atoms with van der Waals surface area (Å²) >= 11 is 0. The van der Waals surface area contributed by atoms with Gasteiger partial charge in [0.25, 0.3) is 11.8 Å². The van der Waals surface area contributed by atoms with Crippen LogP contribution in [0.3, 0.4) is 0 Å². The van der Waals surface area contributed by atoms with Crippen molar-refractivity contribution < 1.29 is 18.7 Å². The van der Waals surface area contributed by atoms with Crippen LogP contribution in [0.1, 0.15) is 19.9 Å². The Morgan fingerprint density at radius 1 is 1.19 bits per heavy atom. The molecule has 0 saturated carbocycles. The molecule has 2 heterocycles. The summed E-state index contributed by atoms with van der Waals surface area (Å²) in [5.74, 6) is 1.07. The van der Waals surface area contributed by atoms with Crippen molar-refractivity contribution in [3.63, 3.8) is 0 Å². The molecule has 26 heavy (non-hydrogen) atoms. The molecule has 0 fully saturated rings. The molecule has 0 unspecified atom stereocenters. The third-order valence-corrected chi connectivity index (χ3v) is 3.46. The third kappa shape index (κ3) is 4.18. The van der Waals surface area contributed by atoms with Gasteiger partial charge in [-0.25, -0.2) is 0 Å². The molecule has 0 saturated heterocycles. The lowest BCUT2D eigenvalue weighted by Crippen LogP contribution is -2.20. The van der Waals surface area contributed by atoms with Crippen molar-refractivity contribution in [1.29, 1.82) is 0 Å². The number of methoxy groups -OCH3 is 1. The molecule has 136 valence electrons. The van der Waals surface area contributed by atoms with Crippen LogP contribution in [-0.2, 0) is 4.79 Å². The van der Waals surface area contributed by atoms with E-state index in [9.17, 15) is 4.79 Å². The first kappa shape index (κ1) is 17.5. The highest BCUT2D eigenvalue weighted by Gasteiger charge is 2.14. The van der Waals surface area contributed by atoms with E-state index in [-0.39, 0.29) is 24.6 Å². The van der Waals surface area contributed by atoms with Crippen LogP contribution in [0.2, 0.25) is 0 Å². The molecule has 0 atom stereocenters. The maximum atomic E-state index is 11.9. The van der Waals surface area contributed by atoms with E-state index in [0.29, 0.717) is 17.2 Å². The predicted molar refractivity (Wildman–Crippen MR) is 93.0 cm³/mol. The van der Waals surface area contributed by atoms with Gasteiger partial charge < -0.3 is 13.9 Å². The number of nitrogens with one attached hydrogen (secondary N) is 1. The molecule has 9 heteroatoms. The van der Waals surface area contributed by atoms with E-state index in [1.165, 1.54) is 0 Å². The van der Waals surface area contributed by atoms with Gasteiger partial charge in [-0.1, -0.05) is 5.10 Å². The maximum Gasteiger partial charge on any atom is 0.322 e. The van der Waals surface area contributed by atoms with Crippen molar-refractivity contribution in [3.8, 4) is 23.1 Å². The number of hydrogen-bond donors (Lipinski definition) is 1. The summed E-state index contributed by atoms with van der Waals surface area (Å²) in [7, 11) is 1.58. The first-order valence-electron chi connectivity index (χ1n) is 8.01. The molecule has 1 amide bonds. The lowest BCUT2D eigenvalue weighted by molar-refractivity contribution is -0.118. The summed E-state index contributed by atoms with van der Waals surface area (Å²) in [5, 5.41) is 14.5. The van der Waals surface area contributed by atoms with E-state index in [1.807, 2.05) is 20.0 Å². The molecule has 9 nitrogen and oxygen atoms in total. The molecule has 0 aliphatic rings. The Hall–Kier alpha value is -3.36. The molecular weight excluding hydrogens is 338 g/mol. The van der Waals surface area contributed by atoms with E-state index in [0.717, 1.165) is 0 Å². The van der Waals surface area contributed by atoms with Crippen LogP contribution < -0.4 is 14.8 Å². The van der Waals surface area contributed by atoms with Gasteiger partial charge in [0.1, 0.15) is 17.2 Å². The number of benzene rings is 1. The zero-order chi connectivity index (χ0) is 18.5. The summed E-state index contributed by atoms with van der Waals surface area (Å²) in [6, 6.07) is 8.89. The van der Waals surface area contributed by atoms with Crippen LogP contribution in [0, 0.1) is 0 Å². The van der Waals surface area contributed by atoms with Crippen molar-refractivity contribution in [1.82, 2.24) is 20.0 Å². The number of anilines is 1. The molecule has 3 aromatic rings. The second kappa shape index (κ2) is 7.68. The zero-order valence-corrected chi connectivity index (χ0v) is 14.7. The Morgan fingerprint density at radius 3 is 2.58 bits per heavy atom. The Morgan fingerprint density at radius 2 is 1.92 bits per heavy atom. The number of aromatic nitrogens is 4. The fourth-order valence-electron chi connectivity index (χ4n) is 2.09. The van der Waals surface area contributed by atoms with E-state index in [4.69, 9.17) is 13.9 Å². The van der Waals surface area contributed by atoms with Gasteiger partial charge >= 0.3 is 6.01 Å². The largest absolute Gasteiger partial charge is 0.497 e. The van der Waals surface area contributed by atoms with Gasteiger partial charge in [-0.15, -0.1) is 5.10 Å². The first-order valence-corrected chi connectivity index (χ1v) is 8.01. The minimum atomic E-state index is -0.413. The summed E-state index contributed by atoms with van der Waals surface area (Å²) in [6.45, 7) is 3.84. The molecule has 0 aliphatic carbocycles. The minimum Gasteiger partial charge on any atom is -0.497 e. The zero-order valence-electron chi connectivity index (χ0n) is 14.7. The number of amides is 1. The average molecular weight is 357 g/mol. The van der Waals surface area contributed by atoms with Crippen LogP contribution in [0.15, 0.2) is 40.9 Å². The predicted octanol–water partition coefficient (Wildman–Crippen LogP) is 2.54. The summed E-state index contributed by atoms with van der Waals surface area (Å²) < 4.78 is 17.6. The van der Waals surface area contributed by atoms with E-state index in [1.54, 1.807) is 42.1 Å². The van der Waals surface area contributed by atoms with Gasteiger partial charge in [0.2, 0.25) is 0 Å². The highest BCUT2D eigenvalue weighted by molar-refractivity contribution is 5.89. The normalized spacial score (nSPS) is 10.8. The smallest absolute Gasteiger partial charge is 0.322 e. The van der Waals surface area contributed by atoms with Gasteiger partial charge in [-0.05, 0) is 44.2 Å². The lowest BCUT2D eigenvalue weighted by atomic mass is 10.3. The third-order valence-electron chi connectivity index (χ3n) is 3.46. The fourth-order valence-corrected chi connectivity index (χ4v) is 2.09. The quantitative estimate of drug-likeness (QED) is 0.693. The van der Waals surface area contributed by atoms with E-state index < -0.39 is 5.91 Å². The molecule has 3 rings (SSSR count). The molecule has 0 bridgehead atoms.